The predicted molar refractivity (Wildman–Crippen MR) is 83.1 cm³/mol. The van der Waals surface area contributed by atoms with Gasteiger partial charge in [-0.15, -0.1) is 0 Å². The Morgan fingerprint density at radius 3 is 2.70 bits per heavy atom. The average Bonchev–Trinajstić information content (AvgIpc) is 2.41. The van der Waals surface area contributed by atoms with Gasteiger partial charge in [0.15, 0.2) is 0 Å². The van der Waals surface area contributed by atoms with Gasteiger partial charge < -0.3 is 11.1 Å². The third kappa shape index (κ3) is 2.28. The number of aromatic nitrogens is 2. The number of fused-ring (bicyclic) bond motifs is 1. The maximum atomic E-state index is 5.74. The van der Waals surface area contributed by atoms with Crippen molar-refractivity contribution in [1.29, 1.82) is 0 Å². The van der Waals surface area contributed by atoms with Crippen molar-refractivity contribution < 1.29 is 0 Å². The monoisotopic (exact) mass is 264 g/mol. The molecule has 0 bridgehead atoms. The van der Waals surface area contributed by atoms with Crippen LogP contribution < -0.4 is 11.1 Å². The van der Waals surface area contributed by atoms with Gasteiger partial charge in [-0.1, -0.05) is 18.2 Å². The van der Waals surface area contributed by atoms with Gasteiger partial charge in [-0.2, -0.15) is 0 Å². The van der Waals surface area contributed by atoms with Crippen molar-refractivity contribution in [3.63, 3.8) is 0 Å². The number of hydrogen-bond donors (Lipinski definition) is 2. The van der Waals surface area contributed by atoms with Gasteiger partial charge in [0, 0.05) is 11.1 Å². The van der Waals surface area contributed by atoms with Crippen LogP contribution in [0.15, 0.2) is 42.6 Å². The molecule has 0 radical (unpaired) electrons. The summed E-state index contributed by atoms with van der Waals surface area (Å²) in [5.74, 6) is 0.815. The Labute approximate surface area is 117 Å². The molecule has 3 N–H and O–H groups in total. The molecule has 3 aromatic rings. The molecule has 0 atom stereocenters. The Morgan fingerprint density at radius 2 is 1.90 bits per heavy atom. The second-order valence-electron chi connectivity index (χ2n) is 4.89. The Hall–Kier alpha value is -2.62. The molecule has 2 aromatic heterocycles. The van der Waals surface area contributed by atoms with Crippen LogP contribution in [0.25, 0.3) is 10.9 Å². The number of nitrogens with two attached hydrogens (primary N) is 1. The lowest BCUT2D eigenvalue weighted by Crippen LogP contribution is -2.00. The first kappa shape index (κ1) is 12.4. The van der Waals surface area contributed by atoms with Crippen LogP contribution in [-0.4, -0.2) is 9.97 Å². The highest BCUT2D eigenvalue weighted by Crippen LogP contribution is 2.27. The van der Waals surface area contributed by atoms with Crippen molar-refractivity contribution in [3.8, 4) is 0 Å². The van der Waals surface area contributed by atoms with Crippen LogP contribution in [0.2, 0.25) is 0 Å². The number of nitrogen functional groups attached to an aromatic ring is 1. The maximum Gasteiger partial charge on any atom is 0.133 e. The summed E-state index contributed by atoms with van der Waals surface area (Å²) in [5.41, 5.74) is 10.4. The van der Waals surface area contributed by atoms with Gasteiger partial charge in [0.1, 0.15) is 5.82 Å². The molecule has 20 heavy (non-hydrogen) atoms. The van der Waals surface area contributed by atoms with E-state index < -0.39 is 0 Å². The number of para-hydroxylation sites is 1. The zero-order valence-corrected chi connectivity index (χ0v) is 11.5. The van der Waals surface area contributed by atoms with E-state index in [1.807, 2.05) is 44.2 Å². The molecule has 100 valence electrons. The first-order valence-electron chi connectivity index (χ1n) is 6.49. The lowest BCUT2D eigenvalue weighted by atomic mass is 10.1. The number of aryl methyl sites for hydroxylation is 2. The number of nitrogens with one attached hydrogen (secondary N) is 1. The topological polar surface area (TPSA) is 63.8 Å². The van der Waals surface area contributed by atoms with E-state index in [2.05, 4.69) is 21.4 Å². The number of benzene rings is 1. The van der Waals surface area contributed by atoms with Crippen molar-refractivity contribution in [3.05, 3.63) is 53.9 Å². The number of rotatable bonds is 2. The molecule has 0 spiro atoms. The second kappa shape index (κ2) is 4.81. The minimum absolute atomic E-state index is 0.670. The molecule has 0 fully saturated rings. The third-order valence-corrected chi connectivity index (χ3v) is 3.20. The normalized spacial score (nSPS) is 10.7. The van der Waals surface area contributed by atoms with Gasteiger partial charge in [0.25, 0.3) is 0 Å². The third-order valence-electron chi connectivity index (χ3n) is 3.20. The Morgan fingerprint density at radius 1 is 1.10 bits per heavy atom. The molecular weight excluding hydrogens is 248 g/mol. The van der Waals surface area contributed by atoms with Gasteiger partial charge in [-0.05, 0) is 37.6 Å². The van der Waals surface area contributed by atoms with Crippen molar-refractivity contribution >= 4 is 28.1 Å². The fourth-order valence-electron chi connectivity index (χ4n) is 2.27. The van der Waals surface area contributed by atoms with Crippen molar-refractivity contribution in [2.45, 2.75) is 13.8 Å². The molecule has 0 unspecified atom stereocenters. The van der Waals surface area contributed by atoms with E-state index in [1.165, 1.54) is 0 Å². The molecule has 0 saturated heterocycles. The first-order valence-corrected chi connectivity index (χ1v) is 6.49. The number of nitrogens with zero attached hydrogens (tertiary/aromatic N) is 2. The molecule has 0 amide bonds. The Bertz CT molecular complexity index is 781. The fraction of sp³-hybridized carbons (Fsp3) is 0.125. The van der Waals surface area contributed by atoms with Crippen LogP contribution in [-0.2, 0) is 0 Å². The standard InChI is InChI=1S/C16H16N4/c1-10-7-12(17)9-18-16(10)20-15-8-11(2)19-14-6-4-3-5-13(14)15/h3-9H,17H2,1-2H3,(H,18,19,20). The fourth-order valence-corrected chi connectivity index (χ4v) is 2.27. The largest absolute Gasteiger partial charge is 0.397 e. The Balaban J connectivity index is 2.10. The summed E-state index contributed by atoms with van der Waals surface area (Å²) >= 11 is 0. The predicted octanol–water partition coefficient (Wildman–Crippen LogP) is 3.57. The van der Waals surface area contributed by atoms with E-state index in [-0.39, 0.29) is 0 Å². The maximum absolute atomic E-state index is 5.74. The van der Waals surface area contributed by atoms with E-state index >= 15 is 0 Å². The summed E-state index contributed by atoms with van der Waals surface area (Å²) < 4.78 is 0. The van der Waals surface area contributed by atoms with Crippen LogP contribution >= 0.6 is 0 Å². The minimum Gasteiger partial charge on any atom is -0.397 e. The number of anilines is 3. The van der Waals surface area contributed by atoms with E-state index in [0.29, 0.717) is 5.69 Å². The molecule has 4 heteroatoms. The van der Waals surface area contributed by atoms with E-state index in [0.717, 1.165) is 33.7 Å². The highest BCUT2D eigenvalue weighted by atomic mass is 15.0. The smallest absolute Gasteiger partial charge is 0.133 e. The summed E-state index contributed by atoms with van der Waals surface area (Å²) in [7, 11) is 0. The molecule has 0 aliphatic heterocycles. The average molecular weight is 264 g/mol. The summed E-state index contributed by atoms with van der Waals surface area (Å²) in [6.07, 6.45) is 1.66. The molecule has 2 heterocycles. The highest BCUT2D eigenvalue weighted by Gasteiger charge is 2.06. The molecule has 4 nitrogen and oxygen atoms in total. The van der Waals surface area contributed by atoms with E-state index in [1.54, 1.807) is 6.20 Å². The molecule has 0 aliphatic rings. The molecule has 0 aliphatic carbocycles. The first-order chi connectivity index (χ1) is 9.63. The van der Waals surface area contributed by atoms with Crippen molar-refractivity contribution in [2.24, 2.45) is 0 Å². The molecule has 1 aromatic carbocycles. The lowest BCUT2D eigenvalue weighted by molar-refractivity contribution is 1.23. The van der Waals surface area contributed by atoms with E-state index in [4.69, 9.17) is 5.73 Å². The zero-order chi connectivity index (χ0) is 14.1. The van der Waals surface area contributed by atoms with Gasteiger partial charge in [-0.25, -0.2) is 4.98 Å². The zero-order valence-electron chi connectivity index (χ0n) is 11.5. The van der Waals surface area contributed by atoms with Gasteiger partial charge in [-0.3, -0.25) is 4.98 Å². The molecule has 3 rings (SSSR count). The van der Waals surface area contributed by atoms with Gasteiger partial charge in [0.2, 0.25) is 0 Å². The lowest BCUT2D eigenvalue weighted by Gasteiger charge is -2.12. The van der Waals surface area contributed by atoms with Crippen molar-refractivity contribution in [1.82, 2.24) is 9.97 Å². The van der Waals surface area contributed by atoms with Crippen LogP contribution in [0.3, 0.4) is 0 Å². The quantitative estimate of drug-likeness (QED) is 0.742. The Kier molecular flexibility index (Phi) is 2.99. The van der Waals surface area contributed by atoms with Crippen molar-refractivity contribution in [2.75, 3.05) is 11.1 Å². The summed E-state index contributed by atoms with van der Waals surface area (Å²) in [6.45, 7) is 3.98. The van der Waals surface area contributed by atoms with Gasteiger partial charge >= 0.3 is 0 Å². The van der Waals surface area contributed by atoms with Crippen LogP contribution in [0, 0.1) is 13.8 Å². The summed E-state index contributed by atoms with van der Waals surface area (Å²) in [5, 5.41) is 4.46. The van der Waals surface area contributed by atoms with Crippen LogP contribution in [0.5, 0.6) is 0 Å². The SMILES string of the molecule is Cc1cc(Nc2ncc(N)cc2C)c2ccccc2n1. The van der Waals surface area contributed by atoms with Gasteiger partial charge in [0.05, 0.1) is 23.1 Å². The summed E-state index contributed by atoms with van der Waals surface area (Å²) in [4.78, 5) is 8.89. The van der Waals surface area contributed by atoms with E-state index in [9.17, 15) is 0 Å². The summed E-state index contributed by atoms with van der Waals surface area (Å²) in [6, 6.07) is 12.0. The highest BCUT2D eigenvalue weighted by molar-refractivity contribution is 5.93. The van der Waals surface area contributed by atoms with Crippen LogP contribution in [0.1, 0.15) is 11.3 Å². The number of hydrogen-bond acceptors (Lipinski definition) is 4. The number of pyridine rings is 2. The van der Waals surface area contributed by atoms with Crippen LogP contribution in [0.4, 0.5) is 17.2 Å². The minimum atomic E-state index is 0.670. The molecule has 0 saturated carbocycles. The second-order valence-corrected chi connectivity index (χ2v) is 4.89. The molecular formula is C16H16N4.